The number of nitrogens with two attached hydrogens (primary N) is 1. The van der Waals surface area contributed by atoms with E-state index in [4.69, 9.17) is 10.9 Å². The summed E-state index contributed by atoms with van der Waals surface area (Å²) in [4.78, 5) is 0. The van der Waals surface area contributed by atoms with Crippen molar-refractivity contribution in [3.63, 3.8) is 0 Å². The number of nitrogens with zero attached hydrogens (tertiary/aromatic N) is 1. The van der Waals surface area contributed by atoms with E-state index in [1.165, 1.54) is 6.21 Å². The van der Waals surface area contributed by atoms with Gasteiger partial charge in [-0.05, 0) is 17.7 Å². The van der Waals surface area contributed by atoms with Crippen molar-refractivity contribution in [3.8, 4) is 11.8 Å². The molecule has 0 saturated carbocycles. The van der Waals surface area contributed by atoms with Gasteiger partial charge in [0.15, 0.2) is 0 Å². The maximum Gasteiger partial charge on any atom is 0.0734 e. The predicted molar refractivity (Wildman–Crippen MR) is 56.4 cm³/mol. The lowest BCUT2D eigenvalue weighted by Gasteiger charge is -1.92. The van der Waals surface area contributed by atoms with Gasteiger partial charge in [0, 0.05) is 18.5 Å². The molecule has 0 fully saturated rings. The van der Waals surface area contributed by atoms with Crippen LogP contribution in [0.4, 0.5) is 0 Å². The van der Waals surface area contributed by atoms with Crippen molar-refractivity contribution in [3.05, 3.63) is 35.4 Å². The summed E-state index contributed by atoms with van der Waals surface area (Å²) in [5.41, 5.74) is 7.04. The van der Waals surface area contributed by atoms with E-state index >= 15 is 0 Å². The van der Waals surface area contributed by atoms with Crippen molar-refractivity contribution in [1.29, 1.82) is 0 Å². The first kappa shape index (κ1) is 10.3. The van der Waals surface area contributed by atoms with Crippen molar-refractivity contribution >= 4 is 6.21 Å². The van der Waals surface area contributed by atoms with Crippen molar-refractivity contribution < 1.29 is 5.21 Å². The minimum Gasteiger partial charge on any atom is -0.411 e. The molecule has 0 unspecified atom stereocenters. The zero-order chi connectivity index (χ0) is 10.2. The quantitative estimate of drug-likeness (QED) is 0.317. The minimum atomic E-state index is 0.574. The van der Waals surface area contributed by atoms with Gasteiger partial charge in [0.25, 0.3) is 0 Å². The summed E-state index contributed by atoms with van der Waals surface area (Å²) in [5, 5.41) is 11.3. The fourth-order valence-electron chi connectivity index (χ4n) is 1.00. The summed E-state index contributed by atoms with van der Waals surface area (Å²) < 4.78 is 0. The van der Waals surface area contributed by atoms with Crippen LogP contribution in [0.5, 0.6) is 0 Å². The summed E-state index contributed by atoms with van der Waals surface area (Å²) in [7, 11) is 0. The van der Waals surface area contributed by atoms with Crippen LogP contribution < -0.4 is 5.73 Å². The van der Waals surface area contributed by atoms with Gasteiger partial charge in [0.05, 0.1) is 6.21 Å². The average Bonchev–Trinajstić information content (AvgIpc) is 2.19. The van der Waals surface area contributed by atoms with Crippen LogP contribution in [0.2, 0.25) is 0 Å². The Kier molecular flexibility index (Phi) is 4.25. The van der Waals surface area contributed by atoms with Crippen LogP contribution in [0.3, 0.4) is 0 Å². The monoisotopic (exact) mass is 188 g/mol. The van der Waals surface area contributed by atoms with Gasteiger partial charge in [-0.2, -0.15) is 0 Å². The van der Waals surface area contributed by atoms with E-state index in [2.05, 4.69) is 17.0 Å². The highest BCUT2D eigenvalue weighted by molar-refractivity contribution is 5.79. The second-order valence-electron chi connectivity index (χ2n) is 2.71. The SMILES string of the molecule is NCCC#Cc1cccc(C=NO)c1. The molecule has 0 atom stereocenters. The molecule has 3 N–H and O–H groups in total. The fourth-order valence-corrected chi connectivity index (χ4v) is 1.00. The summed E-state index contributed by atoms with van der Waals surface area (Å²) in [6.45, 7) is 0.574. The molecule has 0 amide bonds. The zero-order valence-electron chi connectivity index (χ0n) is 7.77. The smallest absolute Gasteiger partial charge is 0.0734 e. The highest BCUT2D eigenvalue weighted by Gasteiger charge is 1.89. The fraction of sp³-hybridized carbons (Fsp3) is 0.182. The molecule has 1 aromatic rings. The van der Waals surface area contributed by atoms with Gasteiger partial charge in [0.1, 0.15) is 0 Å². The van der Waals surface area contributed by atoms with Gasteiger partial charge in [-0.1, -0.05) is 29.1 Å². The van der Waals surface area contributed by atoms with Crippen LogP contribution in [-0.2, 0) is 0 Å². The minimum absolute atomic E-state index is 0.574. The molecule has 1 rings (SSSR count). The third-order valence-corrected chi connectivity index (χ3v) is 1.60. The number of rotatable bonds is 2. The van der Waals surface area contributed by atoms with Crippen molar-refractivity contribution in [2.24, 2.45) is 10.9 Å². The Morgan fingerprint density at radius 3 is 3.07 bits per heavy atom. The lowest BCUT2D eigenvalue weighted by Crippen LogP contribution is -1.95. The van der Waals surface area contributed by atoms with Crippen molar-refractivity contribution in [1.82, 2.24) is 0 Å². The number of benzene rings is 1. The standard InChI is InChI=1S/C11H12N2O/c12-7-2-1-4-10-5-3-6-11(8-10)9-13-14/h3,5-6,8-9,14H,2,7,12H2. The maximum absolute atomic E-state index is 8.34. The molecular weight excluding hydrogens is 176 g/mol. The topological polar surface area (TPSA) is 58.6 Å². The first-order valence-corrected chi connectivity index (χ1v) is 4.33. The lowest BCUT2D eigenvalue weighted by atomic mass is 10.1. The van der Waals surface area contributed by atoms with Crippen molar-refractivity contribution in [2.75, 3.05) is 6.54 Å². The molecular formula is C11H12N2O. The highest BCUT2D eigenvalue weighted by Crippen LogP contribution is 2.01. The largest absolute Gasteiger partial charge is 0.411 e. The van der Waals surface area contributed by atoms with Crippen LogP contribution in [0.25, 0.3) is 0 Å². The van der Waals surface area contributed by atoms with E-state index in [9.17, 15) is 0 Å². The first-order valence-electron chi connectivity index (χ1n) is 4.33. The summed E-state index contributed by atoms with van der Waals surface area (Å²) in [6.07, 6.45) is 2.06. The van der Waals surface area contributed by atoms with Crippen LogP contribution in [-0.4, -0.2) is 18.0 Å². The van der Waals surface area contributed by atoms with Crippen LogP contribution in [0, 0.1) is 11.8 Å². The first-order chi connectivity index (χ1) is 6.86. The van der Waals surface area contributed by atoms with Gasteiger partial charge in [-0.25, -0.2) is 0 Å². The van der Waals surface area contributed by atoms with Gasteiger partial charge in [0.2, 0.25) is 0 Å². The second kappa shape index (κ2) is 5.79. The van der Waals surface area contributed by atoms with E-state index in [0.717, 1.165) is 11.1 Å². The highest BCUT2D eigenvalue weighted by atomic mass is 16.4. The van der Waals surface area contributed by atoms with Crippen molar-refractivity contribution in [2.45, 2.75) is 6.42 Å². The van der Waals surface area contributed by atoms with Crippen LogP contribution >= 0.6 is 0 Å². The van der Waals surface area contributed by atoms with Gasteiger partial charge < -0.3 is 10.9 Å². The van der Waals surface area contributed by atoms with Crippen LogP contribution in [0.15, 0.2) is 29.4 Å². The zero-order valence-corrected chi connectivity index (χ0v) is 7.77. The van der Waals surface area contributed by atoms with E-state index in [1.54, 1.807) is 0 Å². The Morgan fingerprint density at radius 2 is 2.36 bits per heavy atom. The molecule has 3 heteroatoms. The Bertz CT molecular complexity index is 374. The molecule has 0 radical (unpaired) electrons. The molecule has 3 nitrogen and oxygen atoms in total. The van der Waals surface area contributed by atoms with E-state index in [0.29, 0.717) is 13.0 Å². The molecule has 0 aliphatic rings. The maximum atomic E-state index is 8.34. The van der Waals surface area contributed by atoms with E-state index in [-0.39, 0.29) is 0 Å². The average molecular weight is 188 g/mol. The van der Waals surface area contributed by atoms with E-state index < -0.39 is 0 Å². The Morgan fingerprint density at radius 1 is 1.50 bits per heavy atom. The van der Waals surface area contributed by atoms with Crippen LogP contribution in [0.1, 0.15) is 17.5 Å². The predicted octanol–water partition coefficient (Wildman–Crippen LogP) is 1.20. The molecule has 14 heavy (non-hydrogen) atoms. The molecule has 0 aliphatic heterocycles. The molecule has 1 aromatic carbocycles. The third-order valence-electron chi connectivity index (χ3n) is 1.60. The molecule has 0 saturated heterocycles. The molecule has 0 aromatic heterocycles. The van der Waals surface area contributed by atoms with Gasteiger partial charge >= 0.3 is 0 Å². The summed E-state index contributed by atoms with van der Waals surface area (Å²) in [5.74, 6) is 5.91. The summed E-state index contributed by atoms with van der Waals surface area (Å²) >= 11 is 0. The summed E-state index contributed by atoms with van der Waals surface area (Å²) in [6, 6.07) is 7.46. The molecule has 0 bridgehead atoms. The van der Waals surface area contributed by atoms with E-state index in [1.807, 2.05) is 24.3 Å². The molecule has 0 heterocycles. The molecule has 72 valence electrons. The third kappa shape index (κ3) is 3.30. The number of hydrogen-bond acceptors (Lipinski definition) is 3. The van der Waals surface area contributed by atoms with Gasteiger partial charge in [-0.3, -0.25) is 0 Å². The normalized spacial score (nSPS) is 9.79. The Hall–Kier alpha value is -1.79. The Balaban J connectivity index is 2.79. The molecule has 0 aliphatic carbocycles. The second-order valence-corrected chi connectivity index (χ2v) is 2.71. The van der Waals surface area contributed by atoms with Gasteiger partial charge in [-0.15, -0.1) is 0 Å². The molecule has 0 spiro atoms. The number of oxime groups is 1. The lowest BCUT2D eigenvalue weighted by molar-refractivity contribution is 0.322. The Labute approximate surface area is 83.2 Å². The number of hydrogen-bond donors (Lipinski definition) is 2.